The van der Waals surface area contributed by atoms with Gasteiger partial charge in [-0.25, -0.2) is 4.79 Å². The highest BCUT2D eigenvalue weighted by molar-refractivity contribution is 6.32. The van der Waals surface area contributed by atoms with E-state index < -0.39 is 18.5 Å². The minimum Gasteiger partial charge on any atom is -0.493 e. The smallest absolute Gasteiger partial charge is 0.338 e. The van der Waals surface area contributed by atoms with Crippen LogP contribution in [0.15, 0.2) is 30.3 Å². The monoisotopic (exact) mass is 435 g/mol. The van der Waals surface area contributed by atoms with Gasteiger partial charge >= 0.3 is 5.97 Å². The standard InChI is InChI=1S/C21H22ClNO7/c1-26-18-11-14(10-15(22)20(18)27-2)21(25)30-12-19(24)23-6-5-13-3-4-16-17(9-13)29-8-7-28-16/h3-4,9-11H,5-8,12H2,1-2H3,(H,23,24). The van der Waals surface area contributed by atoms with Crippen LogP contribution in [0, 0.1) is 0 Å². The maximum Gasteiger partial charge on any atom is 0.338 e. The number of rotatable bonds is 8. The van der Waals surface area contributed by atoms with Crippen LogP contribution in [-0.2, 0) is 16.0 Å². The van der Waals surface area contributed by atoms with E-state index in [4.69, 9.17) is 35.3 Å². The molecular formula is C21H22ClNO7. The average molecular weight is 436 g/mol. The first kappa shape index (κ1) is 21.6. The lowest BCUT2D eigenvalue weighted by Gasteiger charge is -2.18. The molecule has 0 atom stereocenters. The van der Waals surface area contributed by atoms with E-state index in [1.165, 1.54) is 26.4 Å². The first-order valence-corrected chi connectivity index (χ1v) is 9.63. The fourth-order valence-corrected chi connectivity index (χ4v) is 3.18. The predicted molar refractivity (Wildman–Crippen MR) is 109 cm³/mol. The average Bonchev–Trinajstić information content (AvgIpc) is 2.76. The molecule has 1 N–H and O–H groups in total. The van der Waals surface area contributed by atoms with Crippen LogP contribution in [0.5, 0.6) is 23.0 Å². The molecule has 0 aromatic heterocycles. The molecule has 0 bridgehead atoms. The molecule has 0 spiro atoms. The highest BCUT2D eigenvalue weighted by Gasteiger charge is 2.17. The number of nitrogens with one attached hydrogen (secondary N) is 1. The van der Waals surface area contributed by atoms with E-state index in [1.54, 1.807) is 0 Å². The second-order valence-corrected chi connectivity index (χ2v) is 6.75. The third kappa shape index (κ3) is 5.27. The third-order valence-electron chi connectivity index (χ3n) is 4.35. The third-order valence-corrected chi connectivity index (χ3v) is 4.63. The molecule has 1 aliphatic rings. The largest absolute Gasteiger partial charge is 0.493 e. The van der Waals surface area contributed by atoms with Gasteiger partial charge in [-0.2, -0.15) is 0 Å². The SMILES string of the molecule is COc1cc(C(=O)OCC(=O)NCCc2ccc3c(c2)OCCO3)cc(Cl)c1OC. The molecule has 9 heteroatoms. The topological polar surface area (TPSA) is 92.3 Å². The molecule has 0 saturated heterocycles. The van der Waals surface area contributed by atoms with E-state index in [9.17, 15) is 9.59 Å². The van der Waals surface area contributed by atoms with Crippen LogP contribution < -0.4 is 24.3 Å². The maximum absolute atomic E-state index is 12.2. The normalized spacial score (nSPS) is 12.1. The number of fused-ring (bicyclic) bond motifs is 1. The number of carbonyl (C=O) groups is 2. The summed E-state index contributed by atoms with van der Waals surface area (Å²) in [4.78, 5) is 24.2. The van der Waals surface area contributed by atoms with Gasteiger partial charge in [-0.3, -0.25) is 4.79 Å². The van der Waals surface area contributed by atoms with Crippen LogP contribution in [0.2, 0.25) is 5.02 Å². The molecule has 1 aliphatic heterocycles. The van der Waals surface area contributed by atoms with E-state index in [0.29, 0.717) is 43.4 Å². The van der Waals surface area contributed by atoms with Gasteiger partial charge in [-0.1, -0.05) is 17.7 Å². The summed E-state index contributed by atoms with van der Waals surface area (Å²) in [6.45, 7) is 1.03. The Kier molecular flexibility index (Phi) is 7.24. The molecule has 0 fully saturated rings. The van der Waals surface area contributed by atoms with Crippen LogP contribution in [0.3, 0.4) is 0 Å². The Hall–Kier alpha value is -3.13. The summed E-state index contributed by atoms with van der Waals surface area (Å²) in [5, 5.41) is 2.91. The van der Waals surface area contributed by atoms with Crippen molar-refractivity contribution in [1.29, 1.82) is 0 Å². The Balaban J connectivity index is 1.46. The van der Waals surface area contributed by atoms with Gasteiger partial charge in [0.15, 0.2) is 29.6 Å². The summed E-state index contributed by atoms with van der Waals surface area (Å²) >= 11 is 6.08. The number of carbonyl (C=O) groups excluding carboxylic acids is 2. The molecule has 30 heavy (non-hydrogen) atoms. The molecule has 0 unspecified atom stereocenters. The number of hydrogen-bond donors (Lipinski definition) is 1. The molecule has 1 amide bonds. The highest BCUT2D eigenvalue weighted by Crippen LogP contribution is 2.36. The minimum absolute atomic E-state index is 0.154. The second kappa shape index (κ2) is 10.1. The lowest BCUT2D eigenvalue weighted by molar-refractivity contribution is -0.124. The zero-order valence-electron chi connectivity index (χ0n) is 16.7. The van der Waals surface area contributed by atoms with Gasteiger partial charge in [-0.05, 0) is 36.2 Å². The Labute approximate surface area is 179 Å². The van der Waals surface area contributed by atoms with Gasteiger partial charge in [0.2, 0.25) is 0 Å². The second-order valence-electron chi connectivity index (χ2n) is 6.35. The van der Waals surface area contributed by atoms with Gasteiger partial charge in [0, 0.05) is 6.54 Å². The van der Waals surface area contributed by atoms with Crippen LogP contribution >= 0.6 is 11.6 Å². The van der Waals surface area contributed by atoms with Crippen molar-refractivity contribution in [3.63, 3.8) is 0 Å². The Morgan fingerprint density at radius 3 is 2.57 bits per heavy atom. The first-order valence-electron chi connectivity index (χ1n) is 9.25. The van der Waals surface area contributed by atoms with Crippen molar-refractivity contribution < 1.29 is 33.3 Å². The highest BCUT2D eigenvalue weighted by atomic mass is 35.5. The molecule has 3 rings (SSSR count). The summed E-state index contributed by atoms with van der Waals surface area (Å²) in [6.07, 6.45) is 0.599. The molecule has 8 nitrogen and oxygen atoms in total. The van der Waals surface area contributed by atoms with E-state index in [0.717, 1.165) is 11.3 Å². The number of amides is 1. The molecule has 2 aromatic rings. The van der Waals surface area contributed by atoms with Crippen molar-refractivity contribution in [2.24, 2.45) is 0 Å². The van der Waals surface area contributed by atoms with E-state index >= 15 is 0 Å². The Bertz CT molecular complexity index is 932. The zero-order chi connectivity index (χ0) is 21.5. The molecule has 160 valence electrons. The van der Waals surface area contributed by atoms with Crippen molar-refractivity contribution in [2.75, 3.05) is 40.6 Å². The fourth-order valence-electron chi connectivity index (χ4n) is 2.89. The lowest BCUT2D eigenvalue weighted by atomic mass is 10.1. The van der Waals surface area contributed by atoms with Crippen LogP contribution in [0.25, 0.3) is 0 Å². The van der Waals surface area contributed by atoms with Crippen LogP contribution in [0.4, 0.5) is 0 Å². The molecular weight excluding hydrogens is 414 g/mol. The summed E-state index contributed by atoms with van der Waals surface area (Å²) in [5.41, 5.74) is 1.15. The maximum atomic E-state index is 12.2. The van der Waals surface area contributed by atoms with E-state index in [2.05, 4.69) is 5.32 Å². The van der Waals surface area contributed by atoms with Crippen molar-refractivity contribution in [3.05, 3.63) is 46.5 Å². The first-order chi connectivity index (χ1) is 14.5. The van der Waals surface area contributed by atoms with E-state index in [-0.39, 0.29) is 10.6 Å². The van der Waals surface area contributed by atoms with Crippen LogP contribution in [-0.4, -0.2) is 52.5 Å². The molecule has 0 radical (unpaired) electrons. The number of methoxy groups -OCH3 is 2. The molecule has 1 heterocycles. The van der Waals surface area contributed by atoms with Crippen LogP contribution in [0.1, 0.15) is 15.9 Å². The Morgan fingerprint density at radius 2 is 1.83 bits per heavy atom. The number of ether oxygens (including phenoxy) is 5. The quantitative estimate of drug-likeness (QED) is 0.637. The summed E-state index contributed by atoms with van der Waals surface area (Å²) < 4.78 is 26.3. The Morgan fingerprint density at radius 1 is 1.07 bits per heavy atom. The van der Waals surface area contributed by atoms with Gasteiger partial charge in [0.25, 0.3) is 5.91 Å². The van der Waals surface area contributed by atoms with Crippen molar-refractivity contribution >= 4 is 23.5 Å². The predicted octanol–water partition coefficient (Wildman–Crippen LogP) is 2.64. The number of hydrogen-bond acceptors (Lipinski definition) is 7. The summed E-state index contributed by atoms with van der Waals surface area (Å²) in [7, 11) is 2.87. The molecule has 0 saturated carbocycles. The van der Waals surface area contributed by atoms with E-state index in [1.807, 2.05) is 18.2 Å². The summed E-state index contributed by atoms with van der Waals surface area (Å²) in [6, 6.07) is 8.49. The zero-order valence-corrected chi connectivity index (χ0v) is 17.4. The van der Waals surface area contributed by atoms with Crippen molar-refractivity contribution in [2.45, 2.75) is 6.42 Å². The number of esters is 1. The summed E-state index contributed by atoms with van der Waals surface area (Å²) in [5.74, 6) is 0.921. The van der Waals surface area contributed by atoms with Crippen molar-refractivity contribution in [1.82, 2.24) is 5.32 Å². The van der Waals surface area contributed by atoms with Crippen molar-refractivity contribution in [3.8, 4) is 23.0 Å². The van der Waals surface area contributed by atoms with Gasteiger partial charge < -0.3 is 29.0 Å². The molecule has 2 aromatic carbocycles. The van der Waals surface area contributed by atoms with Gasteiger partial charge in [0.1, 0.15) is 13.2 Å². The minimum atomic E-state index is -0.695. The molecule has 0 aliphatic carbocycles. The number of halogens is 1. The van der Waals surface area contributed by atoms with Gasteiger partial charge in [0.05, 0.1) is 24.8 Å². The fraction of sp³-hybridized carbons (Fsp3) is 0.333. The number of benzene rings is 2. The lowest BCUT2D eigenvalue weighted by Crippen LogP contribution is -2.30. The van der Waals surface area contributed by atoms with Gasteiger partial charge in [-0.15, -0.1) is 0 Å².